The summed E-state index contributed by atoms with van der Waals surface area (Å²) in [4.78, 5) is 14.3. The minimum absolute atomic E-state index is 0.260. The van der Waals surface area contributed by atoms with E-state index in [1.54, 1.807) is 0 Å². The van der Waals surface area contributed by atoms with Crippen LogP contribution in [0, 0.1) is 0 Å². The van der Waals surface area contributed by atoms with Gasteiger partial charge in [-0.1, -0.05) is 6.07 Å². The molecule has 1 atom stereocenters. The topological polar surface area (TPSA) is 65.0 Å². The molecular weight excluding hydrogens is 364 g/mol. The van der Waals surface area contributed by atoms with Crippen molar-refractivity contribution in [3.8, 4) is 0 Å². The van der Waals surface area contributed by atoms with Gasteiger partial charge >= 0.3 is 0 Å². The van der Waals surface area contributed by atoms with Crippen LogP contribution in [0.1, 0.15) is 46.1 Å². The average Bonchev–Trinajstić information content (AvgIpc) is 2.73. The quantitative estimate of drug-likeness (QED) is 0.562. The molecule has 0 spiro atoms. The van der Waals surface area contributed by atoms with Crippen molar-refractivity contribution in [1.82, 2.24) is 20.5 Å². The number of guanidine groups is 1. The van der Waals surface area contributed by atoms with Crippen molar-refractivity contribution in [3.05, 3.63) is 23.9 Å². The highest BCUT2D eigenvalue weighted by Crippen LogP contribution is 2.16. The number of anilines is 1. The van der Waals surface area contributed by atoms with Crippen LogP contribution >= 0.6 is 0 Å². The molecule has 0 aliphatic carbocycles. The molecule has 0 amide bonds. The van der Waals surface area contributed by atoms with Crippen LogP contribution in [0.2, 0.25) is 0 Å². The number of likely N-dealkylation sites (tertiary alicyclic amines) is 1. The van der Waals surface area contributed by atoms with Gasteiger partial charge in [0.05, 0.1) is 19.3 Å². The second kappa shape index (κ2) is 10.8. The Bertz CT molecular complexity index is 639. The molecule has 0 aromatic carbocycles. The number of rotatable bonds is 6. The van der Waals surface area contributed by atoms with Gasteiger partial charge in [-0.2, -0.15) is 0 Å². The van der Waals surface area contributed by atoms with Gasteiger partial charge in [0.15, 0.2) is 5.96 Å². The Morgan fingerprint density at radius 3 is 2.69 bits per heavy atom. The lowest BCUT2D eigenvalue weighted by molar-refractivity contribution is 0.0529. The number of pyridine rings is 1. The summed E-state index contributed by atoms with van der Waals surface area (Å²) in [6, 6.07) is 5.36. The lowest BCUT2D eigenvalue weighted by atomic mass is 10.0. The Hall–Kier alpha value is -1.86. The van der Waals surface area contributed by atoms with Crippen molar-refractivity contribution < 1.29 is 4.74 Å². The average molecular weight is 403 g/mol. The summed E-state index contributed by atoms with van der Waals surface area (Å²) in [6.07, 6.45) is 4.54. The molecule has 2 aliphatic heterocycles. The van der Waals surface area contributed by atoms with Crippen LogP contribution in [0.3, 0.4) is 0 Å². The molecule has 7 nitrogen and oxygen atoms in total. The van der Waals surface area contributed by atoms with E-state index in [9.17, 15) is 0 Å². The SMILES string of the molecule is CCNC(=NCc1ccc(N2CCOC(C)C2)nc1)NC1CCN(C(C)C)CC1. The number of ether oxygens (including phenoxy) is 1. The van der Waals surface area contributed by atoms with Crippen LogP contribution in [0.15, 0.2) is 23.3 Å². The van der Waals surface area contributed by atoms with Crippen molar-refractivity contribution in [2.24, 2.45) is 4.99 Å². The first-order valence-corrected chi connectivity index (χ1v) is 11.2. The van der Waals surface area contributed by atoms with E-state index in [1.165, 1.54) is 0 Å². The highest BCUT2D eigenvalue weighted by Gasteiger charge is 2.21. The Morgan fingerprint density at radius 1 is 1.28 bits per heavy atom. The van der Waals surface area contributed by atoms with E-state index in [2.05, 4.69) is 65.2 Å². The number of morpholine rings is 1. The van der Waals surface area contributed by atoms with E-state index in [4.69, 9.17) is 9.73 Å². The minimum Gasteiger partial charge on any atom is -0.375 e. The summed E-state index contributed by atoms with van der Waals surface area (Å²) < 4.78 is 5.62. The van der Waals surface area contributed by atoms with E-state index in [0.29, 0.717) is 18.6 Å². The summed E-state index contributed by atoms with van der Waals surface area (Å²) in [6.45, 7) is 15.1. The lowest BCUT2D eigenvalue weighted by Gasteiger charge is -2.35. The van der Waals surface area contributed by atoms with Gasteiger partial charge in [0.25, 0.3) is 0 Å². The second-order valence-electron chi connectivity index (χ2n) is 8.40. The van der Waals surface area contributed by atoms with E-state index < -0.39 is 0 Å². The molecule has 1 aromatic rings. The lowest BCUT2D eigenvalue weighted by Crippen LogP contribution is -2.49. The van der Waals surface area contributed by atoms with Crippen LogP contribution in [-0.4, -0.2) is 73.4 Å². The number of aliphatic imine (C=N–C) groups is 1. The fraction of sp³-hybridized carbons (Fsp3) is 0.727. The van der Waals surface area contributed by atoms with E-state index >= 15 is 0 Å². The fourth-order valence-electron chi connectivity index (χ4n) is 3.97. The summed E-state index contributed by atoms with van der Waals surface area (Å²) >= 11 is 0. The number of hydrogen-bond acceptors (Lipinski definition) is 5. The maximum absolute atomic E-state index is 5.62. The Balaban J connectivity index is 1.53. The smallest absolute Gasteiger partial charge is 0.191 e. The molecule has 2 aliphatic rings. The molecule has 0 bridgehead atoms. The molecule has 7 heteroatoms. The van der Waals surface area contributed by atoms with Crippen LogP contribution in [0.4, 0.5) is 5.82 Å². The number of aromatic nitrogens is 1. The predicted molar refractivity (Wildman–Crippen MR) is 120 cm³/mol. The van der Waals surface area contributed by atoms with Crippen molar-refractivity contribution in [1.29, 1.82) is 0 Å². The van der Waals surface area contributed by atoms with Gasteiger partial charge in [-0.15, -0.1) is 0 Å². The molecule has 2 saturated heterocycles. The molecule has 29 heavy (non-hydrogen) atoms. The summed E-state index contributed by atoms with van der Waals surface area (Å²) in [7, 11) is 0. The Labute approximate surface area is 175 Å². The summed E-state index contributed by atoms with van der Waals surface area (Å²) in [5.74, 6) is 1.93. The maximum Gasteiger partial charge on any atom is 0.191 e. The third kappa shape index (κ3) is 6.57. The van der Waals surface area contributed by atoms with Crippen molar-refractivity contribution in [2.75, 3.05) is 44.2 Å². The van der Waals surface area contributed by atoms with E-state index in [0.717, 1.165) is 69.5 Å². The number of hydrogen-bond donors (Lipinski definition) is 2. The van der Waals surface area contributed by atoms with Gasteiger partial charge in [-0.05, 0) is 52.2 Å². The van der Waals surface area contributed by atoms with E-state index in [-0.39, 0.29) is 6.10 Å². The Kier molecular flexibility index (Phi) is 8.12. The zero-order valence-electron chi connectivity index (χ0n) is 18.5. The van der Waals surface area contributed by atoms with Crippen LogP contribution in [0.5, 0.6) is 0 Å². The summed E-state index contributed by atoms with van der Waals surface area (Å²) in [5.41, 5.74) is 1.13. The van der Waals surface area contributed by atoms with Gasteiger partial charge in [-0.3, -0.25) is 0 Å². The molecular formula is C22H38N6O. The van der Waals surface area contributed by atoms with Crippen molar-refractivity contribution in [2.45, 2.75) is 65.3 Å². The third-order valence-electron chi connectivity index (χ3n) is 5.74. The molecule has 1 unspecified atom stereocenters. The monoisotopic (exact) mass is 402 g/mol. The predicted octanol–water partition coefficient (Wildman–Crippen LogP) is 2.23. The van der Waals surface area contributed by atoms with Gasteiger partial charge in [0.2, 0.25) is 0 Å². The first-order valence-electron chi connectivity index (χ1n) is 11.2. The number of nitrogens with one attached hydrogen (secondary N) is 2. The molecule has 3 rings (SSSR count). The van der Waals surface area contributed by atoms with Gasteiger partial charge in [0.1, 0.15) is 5.82 Å². The molecule has 0 saturated carbocycles. The number of piperidine rings is 1. The van der Waals surface area contributed by atoms with E-state index in [1.807, 2.05) is 6.20 Å². The minimum atomic E-state index is 0.260. The zero-order chi connectivity index (χ0) is 20.6. The fourth-order valence-corrected chi connectivity index (χ4v) is 3.97. The maximum atomic E-state index is 5.62. The molecule has 0 radical (unpaired) electrons. The van der Waals surface area contributed by atoms with Gasteiger partial charge in [0, 0.05) is 51.0 Å². The third-order valence-corrected chi connectivity index (χ3v) is 5.74. The first kappa shape index (κ1) is 21.8. The first-order chi connectivity index (χ1) is 14.0. The molecule has 1 aromatic heterocycles. The van der Waals surface area contributed by atoms with Crippen LogP contribution < -0.4 is 15.5 Å². The van der Waals surface area contributed by atoms with Crippen molar-refractivity contribution >= 4 is 11.8 Å². The molecule has 162 valence electrons. The number of nitrogens with zero attached hydrogens (tertiary/aromatic N) is 4. The molecule has 3 heterocycles. The van der Waals surface area contributed by atoms with Crippen LogP contribution in [-0.2, 0) is 11.3 Å². The Morgan fingerprint density at radius 2 is 2.07 bits per heavy atom. The summed E-state index contributed by atoms with van der Waals surface area (Å²) in [5, 5.41) is 7.01. The molecule has 2 N–H and O–H groups in total. The second-order valence-corrected chi connectivity index (χ2v) is 8.40. The van der Waals surface area contributed by atoms with Gasteiger partial charge < -0.3 is 25.2 Å². The normalized spacial score (nSPS) is 22.2. The van der Waals surface area contributed by atoms with Gasteiger partial charge in [-0.25, -0.2) is 9.98 Å². The highest BCUT2D eigenvalue weighted by molar-refractivity contribution is 5.80. The molecule has 2 fully saturated rings. The van der Waals surface area contributed by atoms with Crippen molar-refractivity contribution in [3.63, 3.8) is 0 Å². The van der Waals surface area contributed by atoms with Crippen LogP contribution in [0.25, 0.3) is 0 Å². The highest BCUT2D eigenvalue weighted by atomic mass is 16.5. The standard InChI is InChI=1S/C22H38N6O/c1-5-23-22(26-20-8-10-27(11-9-20)17(2)3)25-15-19-6-7-21(24-14-19)28-12-13-29-18(4)16-28/h6-7,14,17-18,20H,5,8-13,15-16H2,1-4H3,(H2,23,25,26). The largest absolute Gasteiger partial charge is 0.375 e. The zero-order valence-corrected chi connectivity index (χ0v) is 18.5.